The molecular formula is C22H36N4O. The van der Waals surface area contributed by atoms with Crippen LogP contribution in [0.4, 0.5) is 0 Å². The maximum atomic E-state index is 5.45. The van der Waals surface area contributed by atoms with E-state index < -0.39 is 0 Å². The SMILES string of the molecule is c1coc(CCNC(=NCC2CCCCC2)NC2CCN(C3CC3)CC2)c1. The standard InChI is InChI=1S/C22H36N4O/c1-2-5-18(6-3-1)17-24-22(23-13-10-21-7-4-16-27-21)25-19-11-14-26(15-12-19)20-8-9-20/h4,7,16,18-20H,1-3,5-6,8-15,17H2,(H2,23,24,25). The number of rotatable bonds is 7. The number of aliphatic imine (C=N–C) groups is 1. The van der Waals surface area contributed by atoms with Gasteiger partial charge in [0, 0.05) is 44.7 Å². The van der Waals surface area contributed by atoms with E-state index in [1.165, 1.54) is 70.9 Å². The summed E-state index contributed by atoms with van der Waals surface area (Å²) in [5, 5.41) is 7.29. The number of nitrogens with one attached hydrogen (secondary N) is 2. The molecule has 0 bridgehead atoms. The molecule has 0 radical (unpaired) electrons. The van der Waals surface area contributed by atoms with Crippen LogP contribution in [0.2, 0.25) is 0 Å². The summed E-state index contributed by atoms with van der Waals surface area (Å²) in [4.78, 5) is 7.66. The summed E-state index contributed by atoms with van der Waals surface area (Å²) in [5.41, 5.74) is 0. The number of hydrogen-bond donors (Lipinski definition) is 2. The second-order valence-corrected chi connectivity index (χ2v) is 8.64. The van der Waals surface area contributed by atoms with Crippen molar-refractivity contribution < 1.29 is 4.42 Å². The van der Waals surface area contributed by atoms with Gasteiger partial charge in [-0.25, -0.2) is 0 Å². The third kappa shape index (κ3) is 6.00. The van der Waals surface area contributed by atoms with Crippen molar-refractivity contribution in [2.45, 2.75) is 76.3 Å². The summed E-state index contributed by atoms with van der Waals surface area (Å²) >= 11 is 0. The summed E-state index contributed by atoms with van der Waals surface area (Å²) in [5.74, 6) is 2.82. The summed E-state index contributed by atoms with van der Waals surface area (Å²) in [6, 6.07) is 5.46. The van der Waals surface area contributed by atoms with Gasteiger partial charge in [0.25, 0.3) is 0 Å². The minimum atomic E-state index is 0.557. The van der Waals surface area contributed by atoms with Gasteiger partial charge in [-0.15, -0.1) is 0 Å². The zero-order valence-electron chi connectivity index (χ0n) is 16.7. The first-order chi connectivity index (χ1) is 13.4. The van der Waals surface area contributed by atoms with Crippen LogP contribution < -0.4 is 10.6 Å². The fourth-order valence-corrected chi connectivity index (χ4v) is 4.54. The Balaban J connectivity index is 1.27. The van der Waals surface area contributed by atoms with Gasteiger partial charge in [0.2, 0.25) is 0 Å². The van der Waals surface area contributed by atoms with E-state index in [4.69, 9.17) is 9.41 Å². The highest BCUT2D eigenvalue weighted by molar-refractivity contribution is 5.80. The molecular weight excluding hydrogens is 336 g/mol. The molecule has 0 atom stereocenters. The van der Waals surface area contributed by atoms with Crippen LogP contribution in [0.25, 0.3) is 0 Å². The minimum Gasteiger partial charge on any atom is -0.469 e. The maximum Gasteiger partial charge on any atom is 0.191 e. The van der Waals surface area contributed by atoms with Gasteiger partial charge >= 0.3 is 0 Å². The molecule has 2 N–H and O–H groups in total. The fraction of sp³-hybridized carbons (Fsp3) is 0.773. The first-order valence-electron chi connectivity index (χ1n) is 11.2. The number of furan rings is 1. The van der Waals surface area contributed by atoms with Crippen molar-refractivity contribution >= 4 is 5.96 Å². The van der Waals surface area contributed by atoms with E-state index in [2.05, 4.69) is 15.5 Å². The molecule has 3 aliphatic rings. The molecule has 1 saturated heterocycles. The van der Waals surface area contributed by atoms with E-state index in [0.717, 1.165) is 43.2 Å². The van der Waals surface area contributed by atoms with Crippen molar-refractivity contribution in [1.29, 1.82) is 0 Å². The van der Waals surface area contributed by atoms with E-state index in [-0.39, 0.29) is 0 Å². The Kier molecular flexibility index (Phi) is 6.72. The van der Waals surface area contributed by atoms with Crippen molar-refractivity contribution in [3.8, 4) is 0 Å². The van der Waals surface area contributed by atoms with Gasteiger partial charge in [-0.1, -0.05) is 19.3 Å². The van der Waals surface area contributed by atoms with E-state index in [1.807, 2.05) is 12.1 Å². The van der Waals surface area contributed by atoms with Crippen molar-refractivity contribution in [2.75, 3.05) is 26.2 Å². The quantitative estimate of drug-likeness (QED) is 0.568. The lowest BCUT2D eigenvalue weighted by Gasteiger charge is -2.33. The van der Waals surface area contributed by atoms with E-state index in [1.54, 1.807) is 6.26 Å². The smallest absolute Gasteiger partial charge is 0.191 e. The van der Waals surface area contributed by atoms with Crippen LogP contribution in [-0.4, -0.2) is 49.1 Å². The summed E-state index contributed by atoms with van der Waals surface area (Å²) in [6.45, 7) is 4.32. The summed E-state index contributed by atoms with van der Waals surface area (Å²) < 4.78 is 5.45. The molecule has 0 aromatic carbocycles. The molecule has 2 heterocycles. The topological polar surface area (TPSA) is 52.8 Å². The minimum absolute atomic E-state index is 0.557. The second kappa shape index (κ2) is 9.63. The maximum absolute atomic E-state index is 5.45. The Morgan fingerprint density at radius 1 is 1.07 bits per heavy atom. The van der Waals surface area contributed by atoms with Crippen LogP contribution in [-0.2, 0) is 6.42 Å². The number of nitrogens with zero attached hydrogens (tertiary/aromatic N) is 2. The lowest BCUT2D eigenvalue weighted by molar-refractivity contribution is 0.197. The molecule has 2 aliphatic carbocycles. The molecule has 0 unspecified atom stereocenters. The van der Waals surface area contributed by atoms with E-state index in [9.17, 15) is 0 Å². The Bertz CT molecular complexity index is 567. The Morgan fingerprint density at radius 3 is 2.59 bits per heavy atom. The third-order valence-electron chi connectivity index (χ3n) is 6.41. The van der Waals surface area contributed by atoms with Gasteiger partial charge in [0.1, 0.15) is 5.76 Å². The molecule has 3 fully saturated rings. The van der Waals surface area contributed by atoms with Crippen molar-refractivity contribution in [3.63, 3.8) is 0 Å². The zero-order chi connectivity index (χ0) is 18.3. The van der Waals surface area contributed by atoms with Gasteiger partial charge in [-0.3, -0.25) is 4.99 Å². The molecule has 1 aromatic heterocycles. The van der Waals surface area contributed by atoms with Gasteiger partial charge in [-0.05, 0) is 56.6 Å². The van der Waals surface area contributed by atoms with Crippen LogP contribution in [0.15, 0.2) is 27.8 Å². The molecule has 0 spiro atoms. The van der Waals surface area contributed by atoms with Crippen LogP contribution in [0.1, 0.15) is 63.5 Å². The largest absolute Gasteiger partial charge is 0.469 e. The van der Waals surface area contributed by atoms with Crippen molar-refractivity contribution in [1.82, 2.24) is 15.5 Å². The van der Waals surface area contributed by atoms with Crippen LogP contribution in [0.3, 0.4) is 0 Å². The molecule has 5 heteroatoms. The average Bonchev–Trinajstić information content (AvgIpc) is 3.43. The van der Waals surface area contributed by atoms with Crippen LogP contribution in [0, 0.1) is 5.92 Å². The predicted octanol–water partition coefficient (Wildman–Crippen LogP) is 3.56. The molecule has 4 rings (SSSR count). The number of piperidine rings is 1. The number of likely N-dealkylation sites (tertiary alicyclic amines) is 1. The molecule has 5 nitrogen and oxygen atoms in total. The van der Waals surface area contributed by atoms with Crippen molar-refractivity contribution in [2.24, 2.45) is 10.9 Å². The average molecular weight is 373 g/mol. The van der Waals surface area contributed by atoms with Gasteiger partial charge < -0.3 is 20.0 Å². The van der Waals surface area contributed by atoms with Crippen molar-refractivity contribution in [3.05, 3.63) is 24.2 Å². The van der Waals surface area contributed by atoms with Gasteiger partial charge in [-0.2, -0.15) is 0 Å². The monoisotopic (exact) mass is 372 g/mol. The summed E-state index contributed by atoms with van der Waals surface area (Å²) in [6.07, 6.45) is 14.8. The first kappa shape index (κ1) is 18.9. The second-order valence-electron chi connectivity index (χ2n) is 8.64. The van der Waals surface area contributed by atoms with Gasteiger partial charge in [0.05, 0.1) is 6.26 Å². The van der Waals surface area contributed by atoms with Crippen LogP contribution >= 0.6 is 0 Å². The Labute approximate surface area is 164 Å². The highest BCUT2D eigenvalue weighted by atomic mass is 16.3. The van der Waals surface area contributed by atoms with E-state index >= 15 is 0 Å². The highest BCUT2D eigenvalue weighted by Gasteiger charge is 2.31. The lowest BCUT2D eigenvalue weighted by Crippen LogP contribution is -2.49. The lowest BCUT2D eigenvalue weighted by atomic mass is 9.89. The predicted molar refractivity (Wildman–Crippen MR) is 110 cm³/mol. The third-order valence-corrected chi connectivity index (χ3v) is 6.41. The Morgan fingerprint density at radius 2 is 1.89 bits per heavy atom. The number of guanidine groups is 1. The normalized spacial score (nSPS) is 23.5. The number of hydrogen-bond acceptors (Lipinski definition) is 3. The van der Waals surface area contributed by atoms with E-state index in [0.29, 0.717) is 6.04 Å². The molecule has 2 saturated carbocycles. The molecule has 27 heavy (non-hydrogen) atoms. The highest BCUT2D eigenvalue weighted by Crippen LogP contribution is 2.29. The molecule has 0 amide bonds. The molecule has 1 aromatic rings. The Hall–Kier alpha value is -1.49. The van der Waals surface area contributed by atoms with Crippen LogP contribution in [0.5, 0.6) is 0 Å². The first-order valence-corrected chi connectivity index (χ1v) is 11.2. The summed E-state index contributed by atoms with van der Waals surface area (Å²) in [7, 11) is 0. The molecule has 1 aliphatic heterocycles. The fourth-order valence-electron chi connectivity index (χ4n) is 4.54. The van der Waals surface area contributed by atoms with Gasteiger partial charge in [0.15, 0.2) is 5.96 Å². The molecule has 150 valence electrons. The zero-order valence-corrected chi connectivity index (χ0v) is 16.7.